The van der Waals surface area contributed by atoms with E-state index in [1.807, 2.05) is 0 Å². The van der Waals surface area contributed by atoms with Crippen LogP contribution in [0.25, 0.3) is 0 Å². The molecule has 15 heavy (non-hydrogen) atoms. The van der Waals surface area contributed by atoms with Gasteiger partial charge < -0.3 is 5.32 Å². The molecule has 1 aliphatic heterocycles. The van der Waals surface area contributed by atoms with Gasteiger partial charge in [0, 0.05) is 38.0 Å². The van der Waals surface area contributed by atoms with Crippen molar-refractivity contribution >= 4 is 11.8 Å². The number of hydrogen-bond acceptors (Lipinski definition) is 3. The summed E-state index contributed by atoms with van der Waals surface area (Å²) in [5, 5.41) is 3.64. The number of piperazine rings is 1. The van der Waals surface area contributed by atoms with Crippen molar-refractivity contribution in [2.45, 2.75) is 33.2 Å². The minimum atomic E-state index is 0.718. The molecule has 0 aromatic heterocycles. The van der Waals surface area contributed by atoms with Gasteiger partial charge in [-0.25, -0.2) is 0 Å². The minimum absolute atomic E-state index is 0.718. The number of nitrogens with one attached hydrogen (secondary N) is 1. The number of nitrogens with zero attached hydrogens (tertiary/aromatic N) is 1. The van der Waals surface area contributed by atoms with E-state index in [1.54, 1.807) is 0 Å². The normalized spacial score (nSPS) is 25.4. The predicted molar refractivity (Wildman–Crippen MR) is 70.7 cm³/mol. The third-order valence-corrected chi connectivity index (χ3v) is 4.26. The SMILES string of the molecule is CCSCCN1CCNC(C(C)CC)C1. The van der Waals surface area contributed by atoms with Crippen molar-refractivity contribution < 1.29 is 0 Å². The van der Waals surface area contributed by atoms with Gasteiger partial charge in [-0.15, -0.1) is 0 Å². The topological polar surface area (TPSA) is 15.3 Å². The molecule has 3 heteroatoms. The van der Waals surface area contributed by atoms with E-state index in [2.05, 4.69) is 42.7 Å². The fraction of sp³-hybridized carbons (Fsp3) is 1.00. The Morgan fingerprint density at radius 1 is 1.47 bits per heavy atom. The van der Waals surface area contributed by atoms with Crippen molar-refractivity contribution in [3.63, 3.8) is 0 Å². The van der Waals surface area contributed by atoms with Gasteiger partial charge >= 0.3 is 0 Å². The fourth-order valence-electron chi connectivity index (χ4n) is 2.05. The molecule has 1 rings (SSSR count). The number of rotatable bonds is 6. The van der Waals surface area contributed by atoms with Crippen LogP contribution >= 0.6 is 11.8 Å². The summed E-state index contributed by atoms with van der Waals surface area (Å²) in [6, 6.07) is 0.718. The molecule has 2 atom stereocenters. The lowest BCUT2D eigenvalue weighted by atomic mass is 9.97. The summed E-state index contributed by atoms with van der Waals surface area (Å²) in [6.45, 7) is 11.8. The highest BCUT2D eigenvalue weighted by molar-refractivity contribution is 7.99. The van der Waals surface area contributed by atoms with E-state index in [4.69, 9.17) is 0 Å². The van der Waals surface area contributed by atoms with Gasteiger partial charge in [0.25, 0.3) is 0 Å². The molecule has 1 fully saturated rings. The Hall–Kier alpha value is 0.270. The Morgan fingerprint density at radius 3 is 2.93 bits per heavy atom. The third kappa shape index (κ3) is 4.75. The molecule has 0 radical (unpaired) electrons. The molecule has 0 saturated carbocycles. The highest BCUT2D eigenvalue weighted by Crippen LogP contribution is 2.12. The van der Waals surface area contributed by atoms with Crippen molar-refractivity contribution in [2.24, 2.45) is 5.92 Å². The first-order valence-electron chi connectivity index (χ1n) is 6.31. The molecule has 0 bridgehead atoms. The predicted octanol–water partition coefficient (Wildman–Crippen LogP) is 2.06. The number of thioether (sulfide) groups is 1. The molecule has 0 aromatic carbocycles. The van der Waals surface area contributed by atoms with Gasteiger partial charge in [0.2, 0.25) is 0 Å². The van der Waals surface area contributed by atoms with Gasteiger partial charge in [0.15, 0.2) is 0 Å². The van der Waals surface area contributed by atoms with Crippen molar-refractivity contribution in [1.82, 2.24) is 10.2 Å². The Kier molecular flexibility index (Phi) is 6.69. The smallest absolute Gasteiger partial charge is 0.0221 e. The third-order valence-electron chi connectivity index (χ3n) is 3.38. The molecule has 0 amide bonds. The van der Waals surface area contributed by atoms with Gasteiger partial charge in [-0.1, -0.05) is 27.2 Å². The molecule has 2 unspecified atom stereocenters. The maximum absolute atomic E-state index is 3.64. The van der Waals surface area contributed by atoms with Gasteiger partial charge in [-0.3, -0.25) is 4.90 Å². The summed E-state index contributed by atoms with van der Waals surface area (Å²) in [4.78, 5) is 2.62. The van der Waals surface area contributed by atoms with Crippen LogP contribution in [0.3, 0.4) is 0 Å². The molecule has 1 aliphatic rings. The average Bonchev–Trinajstić information content (AvgIpc) is 2.29. The number of hydrogen-bond donors (Lipinski definition) is 1. The van der Waals surface area contributed by atoms with E-state index in [0.717, 1.165) is 12.0 Å². The first-order chi connectivity index (χ1) is 7.27. The Morgan fingerprint density at radius 2 is 2.27 bits per heavy atom. The van der Waals surface area contributed by atoms with Crippen LogP contribution in [0.5, 0.6) is 0 Å². The van der Waals surface area contributed by atoms with E-state index in [0.29, 0.717) is 0 Å². The summed E-state index contributed by atoms with van der Waals surface area (Å²) in [5.74, 6) is 3.36. The van der Waals surface area contributed by atoms with Crippen molar-refractivity contribution in [3.8, 4) is 0 Å². The van der Waals surface area contributed by atoms with Gasteiger partial charge in [0.1, 0.15) is 0 Å². The molecule has 2 nitrogen and oxygen atoms in total. The molecule has 90 valence electrons. The van der Waals surface area contributed by atoms with Crippen molar-refractivity contribution in [3.05, 3.63) is 0 Å². The Labute approximate surface area is 99.2 Å². The molecule has 1 heterocycles. The lowest BCUT2D eigenvalue weighted by Gasteiger charge is -2.36. The van der Waals surface area contributed by atoms with Crippen LogP contribution in [-0.2, 0) is 0 Å². The van der Waals surface area contributed by atoms with E-state index in [1.165, 1.54) is 44.1 Å². The van der Waals surface area contributed by atoms with Crippen LogP contribution in [0.4, 0.5) is 0 Å². The van der Waals surface area contributed by atoms with Crippen LogP contribution in [0.2, 0.25) is 0 Å². The Balaban J connectivity index is 2.22. The molecule has 0 aliphatic carbocycles. The highest BCUT2D eigenvalue weighted by atomic mass is 32.2. The monoisotopic (exact) mass is 230 g/mol. The molecular formula is C12H26N2S. The molecule has 1 N–H and O–H groups in total. The second-order valence-corrected chi connectivity index (χ2v) is 5.84. The largest absolute Gasteiger partial charge is 0.311 e. The summed E-state index contributed by atoms with van der Waals surface area (Å²) in [7, 11) is 0. The van der Waals surface area contributed by atoms with Gasteiger partial charge in [-0.05, 0) is 11.7 Å². The summed E-state index contributed by atoms with van der Waals surface area (Å²) < 4.78 is 0. The second-order valence-electron chi connectivity index (χ2n) is 4.44. The van der Waals surface area contributed by atoms with Gasteiger partial charge in [0.05, 0.1) is 0 Å². The standard InChI is InChI=1S/C12H26N2S/c1-4-11(3)12-10-14(7-6-13-12)8-9-15-5-2/h11-13H,4-10H2,1-3H3. The second kappa shape index (κ2) is 7.53. The Bertz CT molecular complexity index is 164. The van der Waals surface area contributed by atoms with E-state index < -0.39 is 0 Å². The molecule has 1 saturated heterocycles. The lowest BCUT2D eigenvalue weighted by molar-refractivity contribution is 0.177. The van der Waals surface area contributed by atoms with Crippen molar-refractivity contribution in [1.29, 1.82) is 0 Å². The van der Waals surface area contributed by atoms with Gasteiger partial charge in [-0.2, -0.15) is 11.8 Å². The summed E-state index contributed by atoms with van der Waals surface area (Å²) in [5.41, 5.74) is 0. The van der Waals surface area contributed by atoms with Crippen molar-refractivity contribution in [2.75, 3.05) is 37.7 Å². The van der Waals surface area contributed by atoms with Crippen LogP contribution < -0.4 is 5.32 Å². The first kappa shape index (κ1) is 13.3. The molecule has 0 aromatic rings. The average molecular weight is 230 g/mol. The maximum atomic E-state index is 3.64. The molecular weight excluding hydrogens is 204 g/mol. The van der Waals surface area contributed by atoms with Crippen LogP contribution in [0.15, 0.2) is 0 Å². The zero-order valence-electron chi connectivity index (χ0n) is 10.5. The fourth-order valence-corrected chi connectivity index (χ4v) is 2.72. The zero-order chi connectivity index (χ0) is 11.1. The minimum Gasteiger partial charge on any atom is -0.311 e. The highest BCUT2D eigenvalue weighted by Gasteiger charge is 2.22. The van der Waals surface area contributed by atoms with Crippen LogP contribution in [-0.4, -0.2) is 48.6 Å². The quantitative estimate of drug-likeness (QED) is 0.703. The zero-order valence-corrected chi connectivity index (χ0v) is 11.3. The van der Waals surface area contributed by atoms with E-state index in [9.17, 15) is 0 Å². The van der Waals surface area contributed by atoms with E-state index >= 15 is 0 Å². The lowest BCUT2D eigenvalue weighted by Crippen LogP contribution is -2.53. The maximum Gasteiger partial charge on any atom is 0.0221 e. The first-order valence-corrected chi connectivity index (χ1v) is 7.46. The van der Waals surface area contributed by atoms with Crippen LogP contribution in [0, 0.1) is 5.92 Å². The summed E-state index contributed by atoms with van der Waals surface area (Å²) in [6.07, 6.45) is 1.29. The molecule has 0 spiro atoms. The summed E-state index contributed by atoms with van der Waals surface area (Å²) >= 11 is 2.06. The van der Waals surface area contributed by atoms with Crippen LogP contribution in [0.1, 0.15) is 27.2 Å². The van der Waals surface area contributed by atoms with E-state index in [-0.39, 0.29) is 0 Å².